The molecule has 2 aromatic carbocycles. The molecule has 1 aliphatic rings. The molecule has 5 nitrogen and oxygen atoms in total. The first-order chi connectivity index (χ1) is 10.1. The van der Waals surface area contributed by atoms with Gasteiger partial charge in [0.1, 0.15) is 0 Å². The van der Waals surface area contributed by atoms with Crippen molar-refractivity contribution < 1.29 is 14.3 Å². The molecule has 2 aromatic rings. The average Bonchev–Trinajstić information content (AvgIpc) is 2.89. The molecule has 0 unspecified atom stereocenters. The average molecular weight is 305 g/mol. The van der Waals surface area contributed by atoms with Crippen LogP contribution in [0.15, 0.2) is 36.4 Å². The number of amides is 1. The van der Waals surface area contributed by atoms with Crippen LogP contribution in [0.25, 0.3) is 0 Å². The highest BCUT2D eigenvalue weighted by molar-refractivity contribution is 6.31. The Bertz CT molecular complexity index is 703. The number of benzene rings is 2. The minimum absolute atomic E-state index is 0.159. The van der Waals surface area contributed by atoms with E-state index in [1.807, 2.05) is 18.2 Å². The fraction of sp³-hybridized carbons (Fsp3) is 0.133. The van der Waals surface area contributed by atoms with Crippen molar-refractivity contribution in [3.63, 3.8) is 0 Å². The van der Waals surface area contributed by atoms with Crippen molar-refractivity contribution in [3.05, 3.63) is 47.0 Å². The van der Waals surface area contributed by atoms with Crippen molar-refractivity contribution in [2.75, 3.05) is 17.8 Å². The number of halogens is 1. The first-order valence-corrected chi connectivity index (χ1v) is 6.73. The third kappa shape index (κ3) is 2.87. The van der Waals surface area contributed by atoms with Crippen LogP contribution in [0.1, 0.15) is 5.56 Å². The fourth-order valence-corrected chi connectivity index (χ4v) is 2.28. The number of hydrogen-bond donors (Lipinski definition) is 2. The van der Waals surface area contributed by atoms with Gasteiger partial charge in [-0.25, -0.2) is 0 Å². The maximum absolute atomic E-state index is 12.1. The third-order valence-corrected chi connectivity index (χ3v) is 3.50. The summed E-state index contributed by atoms with van der Waals surface area (Å²) in [4.78, 5) is 12.1. The molecule has 0 atom stereocenters. The molecule has 0 radical (unpaired) electrons. The van der Waals surface area contributed by atoms with Gasteiger partial charge in [0.15, 0.2) is 11.5 Å². The van der Waals surface area contributed by atoms with Gasteiger partial charge in [-0.1, -0.05) is 29.8 Å². The van der Waals surface area contributed by atoms with Crippen molar-refractivity contribution >= 4 is 28.9 Å². The Morgan fingerprint density at radius 2 is 1.95 bits per heavy atom. The molecule has 0 saturated heterocycles. The molecule has 1 amide bonds. The Kier molecular flexibility index (Phi) is 3.58. The number of fused-ring (bicyclic) bond motifs is 1. The zero-order chi connectivity index (χ0) is 14.8. The smallest absolute Gasteiger partial charge is 0.231 e. The highest BCUT2D eigenvalue weighted by Crippen LogP contribution is 2.38. The Balaban J connectivity index is 1.75. The van der Waals surface area contributed by atoms with Gasteiger partial charge in [-0.15, -0.1) is 0 Å². The summed E-state index contributed by atoms with van der Waals surface area (Å²) in [5.41, 5.74) is 7.57. The van der Waals surface area contributed by atoms with Crippen LogP contribution in [0.3, 0.4) is 0 Å². The molecule has 1 heterocycles. The monoisotopic (exact) mass is 304 g/mol. The second kappa shape index (κ2) is 5.54. The number of carbonyl (C=O) groups excluding carboxylic acids is 1. The molecule has 0 aliphatic carbocycles. The highest BCUT2D eigenvalue weighted by Gasteiger charge is 2.17. The molecular weight excluding hydrogens is 292 g/mol. The van der Waals surface area contributed by atoms with Gasteiger partial charge in [0.2, 0.25) is 12.7 Å². The highest BCUT2D eigenvalue weighted by atomic mass is 35.5. The summed E-state index contributed by atoms with van der Waals surface area (Å²) in [7, 11) is 0. The summed E-state index contributed by atoms with van der Waals surface area (Å²) in [6, 6.07) is 10.5. The predicted octanol–water partition coefficient (Wildman–Crippen LogP) is 2.83. The number of carbonyl (C=O) groups is 1. The lowest BCUT2D eigenvalue weighted by molar-refractivity contribution is -0.115. The van der Waals surface area contributed by atoms with Crippen molar-refractivity contribution in [1.82, 2.24) is 0 Å². The summed E-state index contributed by atoms with van der Waals surface area (Å²) in [6.45, 7) is 0.159. The molecule has 108 valence electrons. The summed E-state index contributed by atoms with van der Waals surface area (Å²) >= 11 is 6.04. The molecule has 6 heteroatoms. The van der Waals surface area contributed by atoms with Crippen LogP contribution >= 0.6 is 11.6 Å². The van der Waals surface area contributed by atoms with E-state index in [9.17, 15) is 4.79 Å². The lowest BCUT2D eigenvalue weighted by Crippen LogP contribution is -2.15. The topological polar surface area (TPSA) is 73.6 Å². The first kappa shape index (κ1) is 13.6. The lowest BCUT2D eigenvalue weighted by atomic mass is 10.1. The van der Waals surface area contributed by atoms with Crippen LogP contribution < -0.4 is 20.5 Å². The normalized spacial score (nSPS) is 12.2. The molecule has 1 aliphatic heterocycles. The number of anilines is 2. The zero-order valence-electron chi connectivity index (χ0n) is 11.1. The minimum atomic E-state index is -0.200. The molecule has 0 saturated carbocycles. The van der Waals surface area contributed by atoms with E-state index in [1.54, 1.807) is 18.2 Å². The fourth-order valence-electron chi connectivity index (χ4n) is 2.08. The number of nitrogens with two attached hydrogens (primary N) is 1. The summed E-state index contributed by atoms with van der Waals surface area (Å²) in [6.07, 6.45) is 0.174. The third-order valence-electron chi connectivity index (χ3n) is 3.13. The SMILES string of the molecule is Nc1cc2c(cc1NC(=O)Cc1ccccc1Cl)OCO2. The number of hydrogen-bond acceptors (Lipinski definition) is 4. The van der Waals surface area contributed by atoms with Crippen LogP contribution in [0.5, 0.6) is 11.5 Å². The van der Waals surface area contributed by atoms with Crippen molar-refractivity contribution in [2.24, 2.45) is 0 Å². The maximum atomic E-state index is 12.1. The van der Waals surface area contributed by atoms with Crippen LogP contribution in [0, 0.1) is 0 Å². The Hall–Kier alpha value is -2.40. The molecule has 21 heavy (non-hydrogen) atoms. The summed E-state index contributed by atoms with van der Waals surface area (Å²) in [5.74, 6) is 0.947. The van der Waals surface area contributed by atoms with Crippen molar-refractivity contribution in [1.29, 1.82) is 0 Å². The molecule has 0 spiro atoms. The number of ether oxygens (including phenoxy) is 2. The van der Waals surface area contributed by atoms with E-state index < -0.39 is 0 Å². The van der Waals surface area contributed by atoms with Crippen LogP contribution in [0.4, 0.5) is 11.4 Å². The second-order valence-corrected chi connectivity index (χ2v) is 5.02. The lowest BCUT2D eigenvalue weighted by Gasteiger charge is -2.10. The van der Waals surface area contributed by atoms with E-state index in [0.29, 0.717) is 27.9 Å². The van der Waals surface area contributed by atoms with E-state index in [2.05, 4.69) is 5.32 Å². The van der Waals surface area contributed by atoms with Gasteiger partial charge in [-0.2, -0.15) is 0 Å². The minimum Gasteiger partial charge on any atom is -0.454 e. The van der Waals surface area contributed by atoms with Gasteiger partial charge >= 0.3 is 0 Å². The molecule has 0 fully saturated rings. The molecule has 0 bridgehead atoms. The van der Waals surface area contributed by atoms with Crippen LogP contribution in [0.2, 0.25) is 5.02 Å². The quantitative estimate of drug-likeness (QED) is 0.855. The zero-order valence-corrected chi connectivity index (χ0v) is 11.8. The van der Waals surface area contributed by atoms with Gasteiger partial charge in [-0.3, -0.25) is 4.79 Å². The standard InChI is InChI=1S/C15H13ClN2O3/c16-10-4-2-1-3-9(10)5-15(19)18-12-7-14-13(6-11(12)17)20-8-21-14/h1-4,6-7H,5,8,17H2,(H,18,19). The van der Waals surface area contributed by atoms with E-state index in [1.165, 1.54) is 0 Å². The summed E-state index contributed by atoms with van der Waals surface area (Å²) < 4.78 is 10.5. The predicted molar refractivity (Wildman–Crippen MR) is 80.8 cm³/mol. The maximum Gasteiger partial charge on any atom is 0.231 e. The van der Waals surface area contributed by atoms with E-state index >= 15 is 0 Å². The van der Waals surface area contributed by atoms with Crippen molar-refractivity contribution in [3.8, 4) is 11.5 Å². The molecular formula is C15H13ClN2O3. The second-order valence-electron chi connectivity index (χ2n) is 4.61. The van der Waals surface area contributed by atoms with Gasteiger partial charge in [0, 0.05) is 17.2 Å². The Morgan fingerprint density at radius 1 is 1.24 bits per heavy atom. The molecule has 3 rings (SSSR count). The van der Waals surface area contributed by atoms with Gasteiger partial charge in [0.25, 0.3) is 0 Å². The first-order valence-electron chi connectivity index (χ1n) is 6.36. The number of nitrogens with one attached hydrogen (secondary N) is 1. The van der Waals surface area contributed by atoms with Gasteiger partial charge < -0.3 is 20.5 Å². The van der Waals surface area contributed by atoms with Crippen LogP contribution in [-0.4, -0.2) is 12.7 Å². The van der Waals surface area contributed by atoms with E-state index in [4.69, 9.17) is 26.8 Å². The van der Waals surface area contributed by atoms with Gasteiger partial charge in [-0.05, 0) is 11.6 Å². The number of nitrogen functional groups attached to an aromatic ring is 1. The van der Waals surface area contributed by atoms with E-state index in [-0.39, 0.29) is 19.1 Å². The van der Waals surface area contributed by atoms with Crippen LogP contribution in [-0.2, 0) is 11.2 Å². The number of rotatable bonds is 3. The Labute approximate surface area is 126 Å². The van der Waals surface area contributed by atoms with E-state index in [0.717, 1.165) is 5.56 Å². The molecule has 3 N–H and O–H groups in total. The van der Waals surface area contributed by atoms with Crippen molar-refractivity contribution in [2.45, 2.75) is 6.42 Å². The summed E-state index contributed by atoms with van der Waals surface area (Å²) in [5, 5.41) is 3.32. The van der Waals surface area contributed by atoms with Gasteiger partial charge in [0.05, 0.1) is 17.8 Å². The molecule has 0 aromatic heterocycles. The Morgan fingerprint density at radius 3 is 2.71 bits per heavy atom. The largest absolute Gasteiger partial charge is 0.454 e.